The number of hydrogen-bond donors (Lipinski definition) is 0. The van der Waals surface area contributed by atoms with Crippen molar-refractivity contribution in [1.29, 1.82) is 0 Å². The van der Waals surface area contributed by atoms with Crippen molar-refractivity contribution in [2.45, 2.75) is 81.4 Å². The van der Waals surface area contributed by atoms with Gasteiger partial charge in [-0.2, -0.15) is 74.6 Å². The SMILES string of the molecule is C[C@@H](OC(=O)C(F)(F)C(F)(F)C(F)(F)C(F)(F)C(F)(F)C(F)(F)C(F)(F)C(F)(F)F)C(C)(C)C. The summed E-state index contributed by atoms with van der Waals surface area (Å²) in [5.74, 6) is -61.9. The Labute approximate surface area is 178 Å². The van der Waals surface area contributed by atoms with E-state index < -0.39 is 65.1 Å². The predicted molar refractivity (Wildman–Crippen MR) is 75.7 cm³/mol. The third kappa shape index (κ3) is 4.35. The van der Waals surface area contributed by atoms with Crippen molar-refractivity contribution in [3.8, 4) is 0 Å². The van der Waals surface area contributed by atoms with Crippen LogP contribution in [-0.2, 0) is 9.53 Å². The highest BCUT2D eigenvalue weighted by atomic mass is 19.4. The van der Waals surface area contributed by atoms with Gasteiger partial charge in [0.25, 0.3) is 0 Å². The zero-order valence-corrected chi connectivity index (χ0v) is 16.8. The van der Waals surface area contributed by atoms with Crippen LogP contribution in [0.1, 0.15) is 27.7 Å². The molecular formula is C15H13F17O2. The normalized spacial score (nSPS) is 17.0. The van der Waals surface area contributed by atoms with Gasteiger partial charge >= 0.3 is 53.6 Å². The van der Waals surface area contributed by atoms with Crippen LogP contribution in [-0.4, -0.2) is 59.7 Å². The summed E-state index contributed by atoms with van der Waals surface area (Å²) < 4.78 is 227. The van der Waals surface area contributed by atoms with Crippen LogP contribution in [0.2, 0.25) is 0 Å². The van der Waals surface area contributed by atoms with E-state index in [0.29, 0.717) is 6.92 Å². The zero-order chi connectivity index (χ0) is 28.4. The van der Waals surface area contributed by atoms with Gasteiger partial charge in [-0.1, -0.05) is 20.8 Å². The zero-order valence-electron chi connectivity index (χ0n) is 16.8. The molecule has 0 fully saturated rings. The molecule has 0 amide bonds. The highest BCUT2D eigenvalue weighted by molar-refractivity contribution is 5.79. The van der Waals surface area contributed by atoms with Gasteiger partial charge in [0.2, 0.25) is 0 Å². The Morgan fingerprint density at radius 3 is 1.06 bits per heavy atom. The lowest BCUT2D eigenvalue weighted by Gasteiger charge is -2.42. The second-order valence-corrected chi connectivity index (χ2v) is 7.93. The molecule has 0 aromatic rings. The Balaban J connectivity index is 6.69. The molecule has 0 unspecified atom stereocenters. The average Bonchev–Trinajstić information content (AvgIpc) is 2.58. The van der Waals surface area contributed by atoms with Crippen molar-refractivity contribution in [2.24, 2.45) is 5.41 Å². The van der Waals surface area contributed by atoms with Crippen molar-refractivity contribution in [3.63, 3.8) is 0 Å². The molecule has 0 heterocycles. The molecule has 0 radical (unpaired) electrons. The van der Waals surface area contributed by atoms with Crippen LogP contribution >= 0.6 is 0 Å². The van der Waals surface area contributed by atoms with Crippen molar-refractivity contribution in [2.75, 3.05) is 0 Å². The maximum atomic E-state index is 13.7. The van der Waals surface area contributed by atoms with E-state index in [2.05, 4.69) is 4.74 Å². The van der Waals surface area contributed by atoms with E-state index in [1.165, 1.54) is 0 Å². The van der Waals surface area contributed by atoms with E-state index in [1.807, 2.05) is 0 Å². The Hall–Kier alpha value is -1.72. The van der Waals surface area contributed by atoms with E-state index in [0.717, 1.165) is 20.8 Å². The van der Waals surface area contributed by atoms with Crippen LogP contribution in [0.4, 0.5) is 74.6 Å². The third-order valence-corrected chi connectivity index (χ3v) is 4.48. The van der Waals surface area contributed by atoms with Crippen molar-refractivity contribution < 1.29 is 84.2 Å². The molecule has 0 N–H and O–H groups in total. The van der Waals surface area contributed by atoms with E-state index in [-0.39, 0.29) is 0 Å². The van der Waals surface area contributed by atoms with Crippen LogP contribution in [0.3, 0.4) is 0 Å². The third-order valence-electron chi connectivity index (χ3n) is 4.48. The molecule has 0 bridgehead atoms. The topological polar surface area (TPSA) is 26.3 Å². The van der Waals surface area contributed by atoms with Crippen LogP contribution in [0.5, 0.6) is 0 Å². The molecule has 0 aliphatic heterocycles. The lowest BCUT2D eigenvalue weighted by atomic mass is 9.88. The lowest BCUT2D eigenvalue weighted by Crippen LogP contribution is -2.75. The van der Waals surface area contributed by atoms with Gasteiger partial charge in [-0.25, -0.2) is 4.79 Å². The maximum Gasteiger partial charge on any atom is 0.460 e. The molecule has 204 valence electrons. The first kappa shape index (κ1) is 32.3. The first-order valence-electron chi connectivity index (χ1n) is 8.22. The fourth-order valence-corrected chi connectivity index (χ4v) is 1.70. The number of esters is 1. The molecule has 0 rings (SSSR count). The van der Waals surface area contributed by atoms with E-state index in [9.17, 15) is 79.4 Å². The van der Waals surface area contributed by atoms with Gasteiger partial charge in [-0.05, 0) is 12.3 Å². The maximum absolute atomic E-state index is 13.7. The minimum Gasteiger partial charge on any atom is -0.458 e. The summed E-state index contributed by atoms with van der Waals surface area (Å²) in [7, 11) is 0. The quantitative estimate of drug-likeness (QED) is 0.242. The van der Waals surface area contributed by atoms with Gasteiger partial charge in [0.05, 0.1) is 0 Å². The Morgan fingerprint density at radius 1 is 0.529 bits per heavy atom. The summed E-state index contributed by atoms with van der Waals surface area (Å²) in [5.41, 5.74) is -1.41. The summed E-state index contributed by atoms with van der Waals surface area (Å²) in [6.45, 7) is 3.92. The molecule has 19 heteroatoms. The number of carbonyl (C=O) groups is 1. The van der Waals surface area contributed by atoms with Crippen molar-refractivity contribution >= 4 is 5.97 Å². The molecule has 2 nitrogen and oxygen atoms in total. The first-order valence-corrected chi connectivity index (χ1v) is 8.22. The largest absolute Gasteiger partial charge is 0.460 e. The minimum atomic E-state index is -8.75. The monoisotopic (exact) mass is 548 g/mol. The molecule has 0 aromatic carbocycles. The second kappa shape index (κ2) is 8.16. The fourth-order valence-electron chi connectivity index (χ4n) is 1.70. The highest BCUT2D eigenvalue weighted by Crippen LogP contribution is 2.64. The van der Waals surface area contributed by atoms with E-state index in [4.69, 9.17) is 0 Å². The van der Waals surface area contributed by atoms with Crippen molar-refractivity contribution in [1.82, 2.24) is 0 Å². The Bertz CT molecular complexity index is 760. The molecule has 0 aliphatic carbocycles. The van der Waals surface area contributed by atoms with Gasteiger partial charge in [0.15, 0.2) is 0 Å². The number of hydrogen-bond acceptors (Lipinski definition) is 2. The van der Waals surface area contributed by atoms with Crippen LogP contribution in [0.25, 0.3) is 0 Å². The summed E-state index contributed by atoms with van der Waals surface area (Å²) in [5, 5.41) is 0. The average molecular weight is 548 g/mol. The highest BCUT2D eigenvalue weighted by Gasteiger charge is 2.96. The number of alkyl halides is 17. The first-order chi connectivity index (χ1) is 14.3. The summed E-state index contributed by atoms with van der Waals surface area (Å²) in [6, 6.07) is 0. The van der Waals surface area contributed by atoms with Gasteiger partial charge in [-0.15, -0.1) is 0 Å². The van der Waals surface area contributed by atoms with Gasteiger partial charge in [0, 0.05) is 0 Å². The molecule has 0 aromatic heterocycles. The van der Waals surface area contributed by atoms with Gasteiger partial charge < -0.3 is 4.74 Å². The van der Waals surface area contributed by atoms with E-state index in [1.54, 1.807) is 0 Å². The molecule has 0 aliphatic rings. The molecule has 0 saturated carbocycles. The van der Waals surface area contributed by atoms with Gasteiger partial charge in [-0.3, -0.25) is 0 Å². The summed E-state index contributed by atoms with van der Waals surface area (Å²) in [6.07, 6.45) is -9.71. The molecule has 0 saturated heterocycles. The number of carbonyl (C=O) groups excluding carboxylic acids is 1. The van der Waals surface area contributed by atoms with E-state index >= 15 is 0 Å². The van der Waals surface area contributed by atoms with Crippen LogP contribution in [0, 0.1) is 5.41 Å². The molecule has 1 atom stereocenters. The molecule has 34 heavy (non-hydrogen) atoms. The standard InChI is InChI=1S/C15H13F17O2/c1-5(7(2,3)4)34-6(33)8(16,17)9(18,19)10(20,21)11(22,23)12(24,25)13(26,27)14(28,29)15(30,31)32/h5H,1-4H3/t5-/m1/s1. The second-order valence-electron chi connectivity index (χ2n) is 7.93. The smallest absolute Gasteiger partial charge is 0.458 e. The molecule has 0 spiro atoms. The van der Waals surface area contributed by atoms with Crippen LogP contribution in [0.15, 0.2) is 0 Å². The lowest BCUT2D eigenvalue weighted by molar-refractivity contribution is -0.460. The predicted octanol–water partition coefficient (Wildman–Crippen LogP) is 6.97. The number of rotatable bonds is 8. The van der Waals surface area contributed by atoms with Gasteiger partial charge in [0.1, 0.15) is 6.10 Å². The summed E-state index contributed by atoms with van der Waals surface area (Å²) >= 11 is 0. The number of halogens is 17. The minimum absolute atomic E-state index is 0.687. The number of ether oxygens (including phenoxy) is 1. The van der Waals surface area contributed by atoms with Crippen molar-refractivity contribution in [3.05, 3.63) is 0 Å². The molecular weight excluding hydrogens is 535 g/mol. The Morgan fingerprint density at radius 2 is 0.794 bits per heavy atom. The fraction of sp³-hybridized carbons (Fsp3) is 0.933. The Kier molecular flexibility index (Phi) is 7.75. The van der Waals surface area contributed by atoms with Crippen LogP contribution < -0.4 is 0 Å². The summed E-state index contributed by atoms with van der Waals surface area (Å²) in [4.78, 5) is 11.2.